The predicted molar refractivity (Wildman–Crippen MR) is 105 cm³/mol. The number of nitro groups is 1. The van der Waals surface area contributed by atoms with Gasteiger partial charge in [-0.2, -0.15) is 0 Å². The molecule has 0 saturated carbocycles. The Morgan fingerprint density at radius 3 is 2.48 bits per heavy atom. The molecular weight excluding hydrogens is 399 g/mol. The van der Waals surface area contributed by atoms with Crippen molar-refractivity contribution in [2.24, 2.45) is 5.92 Å². The lowest BCUT2D eigenvalue weighted by Gasteiger charge is -2.46. The summed E-state index contributed by atoms with van der Waals surface area (Å²) in [6.45, 7) is 0.989. The van der Waals surface area contributed by atoms with Crippen molar-refractivity contribution in [2.75, 3.05) is 6.54 Å². The highest BCUT2D eigenvalue weighted by atomic mass is 32.2. The lowest BCUT2D eigenvalue weighted by atomic mass is 9.94. The molecule has 0 aromatic heterocycles. The molecule has 3 atom stereocenters. The molecule has 1 amide bonds. The number of benzene rings is 2. The summed E-state index contributed by atoms with van der Waals surface area (Å²) in [5.74, 6) is -1.84. The highest BCUT2D eigenvalue weighted by Gasteiger charge is 2.51. The van der Waals surface area contributed by atoms with Gasteiger partial charge in [-0.1, -0.05) is 18.2 Å². The fourth-order valence-corrected chi connectivity index (χ4v) is 4.36. The van der Waals surface area contributed by atoms with E-state index < -0.39 is 34.3 Å². The highest BCUT2D eigenvalue weighted by Crippen LogP contribution is 2.41. The number of nitro benzene ring substituents is 1. The summed E-state index contributed by atoms with van der Waals surface area (Å²) in [6.07, 6.45) is -1.32. The Labute approximate surface area is 171 Å². The Hall–Kier alpha value is -2.94. The average molecular weight is 418 g/mol. The number of ether oxygens (including phenoxy) is 1. The van der Waals surface area contributed by atoms with Crippen LogP contribution in [-0.4, -0.2) is 39.8 Å². The van der Waals surface area contributed by atoms with Gasteiger partial charge < -0.3 is 9.64 Å². The molecule has 7 nitrogen and oxygen atoms in total. The molecule has 2 aromatic rings. The molecule has 2 aromatic carbocycles. The van der Waals surface area contributed by atoms with E-state index in [9.17, 15) is 24.1 Å². The maximum Gasteiger partial charge on any atom is 0.326 e. The van der Waals surface area contributed by atoms with Crippen LogP contribution in [0.15, 0.2) is 59.5 Å². The van der Waals surface area contributed by atoms with E-state index in [2.05, 4.69) is 0 Å². The smallest absolute Gasteiger partial charge is 0.326 e. The van der Waals surface area contributed by atoms with E-state index in [4.69, 9.17) is 4.74 Å². The lowest BCUT2D eigenvalue weighted by Crippen LogP contribution is -2.63. The first-order chi connectivity index (χ1) is 13.9. The van der Waals surface area contributed by atoms with Gasteiger partial charge in [-0.15, -0.1) is 11.8 Å². The van der Waals surface area contributed by atoms with E-state index in [1.807, 2.05) is 30.3 Å². The van der Waals surface area contributed by atoms with Crippen molar-refractivity contribution in [1.82, 2.24) is 4.90 Å². The number of thioether (sulfide) groups is 1. The molecule has 1 aliphatic heterocycles. The van der Waals surface area contributed by atoms with Crippen LogP contribution in [0.25, 0.3) is 0 Å². The quantitative estimate of drug-likeness (QED) is 0.282. The van der Waals surface area contributed by atoms with Crippen molar-refractivity contribution >= 4 is 29.3 Å². The summed E-state index contributed by atoms with van der Waals surface area (Å²) in [5.41, 5.74) is 0.530. The number of amides is 1. The first-order valence-corrected chi connectivity index (χ1v) is 9.80. The summed E-state index contributed by atoms with van der Waals surface area (Å²) in [4.78, 5) is 36.8. The minimum Gasteiger partial charge on any atom is -0.459 e. The van der Waals surface area contributed by atoms with Gasteiger partial charge in [0.2, 0.25) is 5.91 Å². The van der Waals surface area contributed by atoms with Crippen LogP contribution in [0, 0.1) is 16.0 Å². The van der Waals surface area contributed by atoms with Crippen LogP contribution in [0.1, 0.15) is 12.5 Å². The van der Waals surface area contributed by atoms with Gasteiger partial charge in [0, 0.05) is 17.0 Å². The van der Waals surface area contributed by atoms with E-state index >= 15 is 0 Å². The van der Waals surface area contributed by atoms with Crippen LogP contribution >= 0.6 is 11.8 Å². The largest absolute Gasteiger partial charge is 0.459 e. The van der Waals surface area contributed by atoms with Crippen LogP contribution < -0.4 is 0 Å². The molecule has 3 rings (SSSR count). The molecule has 29 heavy (non-hydrogen) atoms. The second-order valence-corrected chi connectivity index (χ2v) is 7.77. The summed E-state index contributed by atoms with van der Waals surface area (Å²) < 4.78 is 19.1. The SMILES string of the molecule is C[C@H](F)[C@H]1C(=O)N(CC(=O)OCc2ccc([N+](=O)[O-])cc2)[C@H]1Sc1ccccc1. The van der Waals surface area contributed by atoms with Crippen molar-refractivity contribution in [2.45, 2.75) is 30.0 Å². The van der Waals surface area contributed by atoms with E-state index in [1.165, 1.54) is 47.9 Å². The van der Waals surface area contributed by atoms with E-state index in [-0.39, 0.29) is 18.8 Å². The van der Waals surface area contributed by atoms with E-state index in [1.54, 1.807) is 0 Å². The molecule has 0 bridgehead atoms. The summed E-state index contributed by atoms with van der Waals surface area (Å²) in [5, 5.41) is 10.2. The number of alkyl halides is 1. The van der Waals surface area contributed by atoms with Crippen molar-refractivity contribution in [3.8, 4) is 0 Å². The zero-order chi connectivity index (χ0) is 21.0. The number of rotatable bonds is 8. The summed E-state index contributed by atoms with van der Waals surface area (Å²) in [7, 11) is 0. The van der Waals surface area contributed by atoms with Crippen molar-refractivity contribution in [3.63, 3.8) is 0 Å². The summed E-state index contributed by atoms with van der Waals surface area (Å²) in [6, 6.07) is 14.9. The Bertz CT molecular complexity index is 892. The number of carbonyl (C=O) groups is 2. The average Bonchev–Trinajstić information content (AvgIpc) is 2.71. The lowest BCUT2D eigenvalue weighted by molar-refractivity contribution is -0.384. The minimum atomic E-state index is -1.32. The zero-order valence-electron chi connectivity index (χ0n) is 15.6. The maximum absolute atomic E-state index is 13.9. The van der Waals surface area contributed by atoms with Gasteiger partial charge in [-0.3, -0.25) is 19.7 Å². The predicted octanol–water partition coefficient (Wildman–Crippen LogP) is 3.57. The standard InChI is InChI=1S/C20H19FN2O5S/c1-13(21)18-19(25)22(20(18)29-16-5-3-2-4-6-16)11-17(24)28-12-14-7-9-15(10-8-14)23(26)27/h2-10,13,18,20H,11-12H2,1H3/t13-,18-,20-/m0/s1. The Balaban J connectivity index is 1.58. The number of likely N-dealkylation sites (tertiary alicyclic amines) is 1. The van der Waals surface area contributed by atoms with E-state index in [0.29, 0.717) is 5.56 Å². The van der Waals surface area contributed by atoms with Gasteiger partial charge in [-0.05, 0) is 36.8 Å². The van der Waals surface area contributed by atoms with Gasteiger partial charge in [-0.25, -0.2) is 4.39 Å². The normalized spacial score (nSPS) is 19.4. The van der Waals surface area contributed by atoms with Crippen LogP contribution in [0.3, 0.4) is 0 Å². The molecule has 0 unspecified atom stereocenters. The Morgan fingerprint density at radius 1 is 1.24 bits per heavy atom. The second kappa shape index (κ2) is 9.04. The Kier molecular flexibility index (Phi) is 6.48. The third-order valence-electron chi connectivity index (χ3n) is 4.52. The number of carbonyl (C=O) groups excluding carboxylic acids is 2. The van der Waals surface area contributed by atoms with E-state index in [0.717, 1.165) is 4.90 Å². The number of esters is 1. The molecule has 1 heterocycles. The monoisotopic (exact) mass is 418 g/mol. The van der Waals surface area contributed by atoms with Gasteiger partial charge in [0.05, 0.1) is 16.2 Å². The molecular formula is C20H19FN2O5S. The first kappa shape index (κ1) is 20.8. The van der Waals surface area contributed by atoms with Gasteiger partial charge in [0.1, 0.15) is 19.3 Å². The van der Waals surface area contributed by atoms with Gasteiger partial charge in [0.15, 0.2) is 0 Å². The highest BCUT2D eigenvalue weighted by molar-refractivity contribution is 8.00. The van der Waals surface area contributed by atoms with Crippen LogP contribution in [0.2, 0.25) is 0 Å². The molecule has 0 radical (unpaired) electrons. The maximum atomic E-state index is 13.9. The van der Waals surface area contributed by atoms with Crippen LogP contribution in [0.5, 0.6) is 0 Å². The fourth-order valence-electron chi connectivity index (χ4n) is 2.98. The van der Waals surface area contributed by atoms with Crippen molar-refractivity contribution in [3.05, 3.63) is 70.3 Å². The Morgan fingerprint density at radius 2 is 1.90 bits per heavy atom. The molecule has 1 aliphatic rings. The minimum absolute atomic E-state index is 0.0570. The number of halogens is 1. The van der Waals surface area contributed by atoms with Crippen LogP contribution in [0.4, 0.5) is 10.1 Å². The molecule has 9 heteroatoms. The molecule has 0 N–H and O–H groups in total. The van der Waals surface area contributed by atoms with Crippen molar-refractivity contribution < 1.29 is 23.6 Å². The molecule has 152 valence electrons. The first-order valence-electron chi connectivity index (χ1n) is 8.92. The summed E-state index contributed by atoms with van der Waals surface area (Å²) >= 11 is 1.33. The molecule has 0 spiro atoms. The van der Waals surface area contributed by atoms with Crippen LogP contribution in [-0.2, 0) is 20.9 Å². The third-order valence-corrected chi connectivity index (χ3v) is 5.86. The van der Waals surface area contributed by atoms with Crippen molar-refractivity contribution in [1.29, 1.82) is 0 Å². The number of β-lactam (4-membered cyclic amide) rings is 1. The number of hydrogen-bond acceptors (Lipinski definition) is 6. The fraction of sp³-hybridized carbons (Fsp3) is 0.300. The molecule has 1 saturated heterocycles. The van der Waals surface area contributed by atoms with Gasteiger partial charge >= 0.3 is 5.97 Å². The second-order valence-electron chi connectivity index (χ2n) is 6.58. The molecule has 0 aliphatic carbocycles. The topological polar surface area (TPSA) is 89.8 Å². The number of non-ortho nitro benzene ring substituents is 1. The number of nitrogens with zero attached hydrogens (tertiary/aromatic N) is 2. The molecule has 1 fully saturated rings. The third kappa shape index (κ3) is 4.92. The zero-order valence-corrected chi connectivity index (χ0v) is 16.4. The number of hydrogen-bond donors (Lipinski definition) is 0. The van der Waals surface area contributed by atoms with Gasteiger partial charge in [0.25, 0.3) is 5.69 Å².